The number of hydrogen-bond acceptors (Lipinski definition) is 4. The van der Waals surface area contributed by atoms with Crippen LogP contribution < -0.4 is 5.32 Å². The molecule has 1 atom stereocenters. The molecule has 5 nitrogen and oxygen atoms in total. The van der Waals surface area contributed by atoms with Crippen LogP contribution >= 0.6 is 11.3 Å². The summed E-state index contributed by atoms with van der Waals surface area (Å²) < 4.78 is 1.96. The van der Waals surface area contributed by atoms with Gasteiger partial charge in [-0.1, -0.05) is 6.92 Å². The summed E-state index contributed by atoms with van der Waals surface area (Å²) in [6.07, 6.45) is 3.72. The van der Waals surface area contributed by atoms with Crippen molar-refractivity contribution >= 4 is 22.2 Å². The predicted molar refractivity (Wildman–Crippen MR) is 75.4 cm³/mol. The number of aromatic nitrogens is 2. The second kappa shape index (κ2) is 6.16. The Morgan fingerprint density at radius 2 is 2.42 bits per heavy atom. The minimum absolute atomic E-state index is 0.00801. The van der Waals surface area contributed by atoms with E-state index in [1.165, 1.54) is 0 Å². The van der Waals surface area contributed by atoms with E-state index in [9.17, 15) is 4.79 Å². The SMILES string of the molecule is CCC(CCO)NC(=O)Cc1csc2nc(C)cn12. The average molecular weight is 281 g/mol. The molecule has 0 fully saturated rings. The highest BCUT2D eigenvalue weighted by Gasteiger charge is 2.13. The van der Waals surface area contributed by atoms with Gasteiger partial charge in [-0.2, -0.15) is 0 Å². The van der Waals surface area contributed by atoms with Crippen LogP contribution in [-0.2, 0) is 11.2 Å². The van der Waals surface area contributed by atoms with Crippen molar-refractivity contribution in [3.8, 4) is 0 Å². The fraction of sp³-hybridized carbons (Fsp3) is 0.538. The van der Waals surface area contributed by atoms with E-state index in [0.29, 0.717) is 12.8 Å². The summed E-state index contributed by atoms with van der Waals surface area (Å²) in [5.74, 6) is -0.00801. The standard InChI is InChI=1S/C13H19N3O2S/c1-3-10(4-5-17)15-12(18)6-11-8-19-13-14-9(2)7-16(11)13/h7-8,10,17H,3-6H2,1-2H3,(H,15,18). The molecule has 2 aromatic rings. The highest BCUT2D eigenvalue weighted by Crippen LogP contribution is 2.16. The minimum atomic E-state index is -0.00801. The number of fused-ring (bicyclic) bond motifs is 1. The molecule has 0 radical (unpaired) electrons. The zero-order chi connectivity index (χ0) is 13.8. The Morgan fingerprint density at radius 1 is 1.63 bits per heavy atom. The van der Waals surface area contributed by atoms with Crippen LogP contribution in [0, 0.1) is 6.92 Å². The van der Waals surface area contributed by atoms with Crippen molar-refractivity contribution in [2.24, 2.45) is 0 Å². The lowest BCUT2D eigenvalue weighted by Crippen LogP contribution is -2.36. The highest BCUT2D eigenvalue weighted by atomic mass is 32.1. The molecule has 6 heteroatoms. The smallest absolute Gasteiger partial charge is 0.226 e. The first-order valence-corrected chi connectivity index (χ1v) is 7.34. The summed E-state index contributed by atoms with van der Waals surface area (Å²) >= 11 is 1.54. The number of aliphatic hydroxyl groups is 1. The van der Waals surface area contributed by atoms with Gasteiger partial charge in [0.2, 0.25) is 5.91 Å². The van der Waals surface area contributed by atoms with E-state index in [1.54, 1.807) is 11.3 Å². The van der Waals surface area contributed by atoms with Gasteiger partial charge in [0.05, 0.1) is 12.1 Å². The van der Waals surface area contributed by atoms with E-state index in [-0.39, 0.29) is 18.6 Å². The van der Waals surface area contributed by atoms with Gasteiger partial charge < -0.3 is 10.4 Å². The maximum Gasteiger partial charge on any atom is 0.226 e. The van der Waals surface area contributed by atoms with Crippen molar-refractivity contribution in [2.45, 2.75) is 39.2 Å². The van der Waals surface area contributed by atoms with Gasteiger partial charge in [-0.25, -0.2) is 4.98 Å². The second-order valence-electron chi connectivity index (χ2n) is 4.62. The average Bonchev–Trinajstić information content (AvgIpc) is 2.89. The number of amides is 1. The Balaban J connectivity index is 2.02. The number of carbonyl (C=O) groups excluding carboxylic acids is 1. The van der Waals surface area contributed by atoms with Gasteiger partial charge in [-0.3, -0.25) is 9.20 Å². The molecule has 0 spiro atoms. The summed E-state index contributed by atoms with van der Waals surface area (Å²) in [6, 6.07) is 0.0520. The molecule has 2 rings (SSSR count). The van der Waals surface area contributed by atoms with Crippen LogP contribution in [0.2, 0.25) is 0 Å². The minimum Gasteiger partial charge on any atom is -0.396 e. The normalized spacial score (nSPS) is 12.8. The lowest BCUT2D eigenvalue weighted by Gasteiger charge is -2.15. The Bertz CT molecular complexity index is 561. The number of aryl methyl sites for hydroxylation is 1. The van der Waals surface area contributed by atoms with E-state index in [0.717, 1.165) is 22.8 Å². The number of imidazole rings is 1. The van der Waals surface area contributed by atoms with Crippen molar-refractivity contribution < 1.29 is 9.90 Å². The molecule has 2 N–H and O–H groups in total. The summed E-state index contributed by atoms with van der Waals surface area (Å²) in [5, 5.41) is 13.8. The topological polar surface area (TPSA) is 66.6 Å². The van der Waals surface area contributed by atoms with Crippen LogP contribution in [0.25, 0.3) is 4.96 Å². The van der Waals surface area contributed by atoms with Gasteiger partial charge in [-0.15, -0.1) is 11.3 Å². The number of nitrogens with one attached hydrogen (secondary N) is 1. The molecule has 0 aliphatic carbocycles. The molecule has 0 aliphatic heterocycles. The Labute approximate surface area is 116 Å². The van der Waals surface area contributed by atoms with Gasteiger partial charge in [-0.05, 0) is 19.8 Å². The summed E-state index contributed by atoms with van der Waals surface area (Å²) in [7, 11) is 0. The zero-order valence-corrected chi connectivity index (χ0v) is 12.0. The summed E-state index contributed by atoms with van der Waals surface area (Å²) in [5.41, 5.74) is 1.91. The van der Waals surface area contributed by atoms with E-state index in [4.69, 9.17) is 5.11 Å². The maximum absolute atomic E-state index is 12.0. The van der Waals surface area contributed by atoms with Crippen LogP contribution in [0.3, 0.4) is 0 Å². The van der Waals surface area contributed by atoms with Gasteiger partial charge >= 0.3 is 0 Å². The Kier molecular flexibility index (Phi) is 4.55. The quantitative estimate of drug-likeness (QED) is 0.843. The third-order valence-corrected chi connectivity index (χ3v) is 3.97. The molecule has 1 unspecified atom stereocenters. The summed E-state index contributed by atoms with van der Waals surface area (Å²) in [4.78, 5) is 17.3. The van der Waals surface area contributed by atoms with Gasteiger partial charge in [0.15, 0.2) is 4.96 Å². The van der Waals surface area contributed by atoms with Crippen molar-refractivity contribution in [3.05, 3.63) is 23.0 Å². The molecule has 0 aromatic carbocycles. The largest absolute Gasteiger partial charge is 0.396 e. The van der Waals surface area contributed by atoms with E-state index in [2.05, 4.69) is 10.3 Å². The first-order valence-electron chi connectivity index (χ1n) is 6.46. The molecule has 0 saturated carbocycles. The third-order valence-electron chi connectivity index (χ3n) is 3.08. The first kappa shape index (κ1) is 14.0. The summed E-state index contributed by atoms with van der Waals surface area (Å²) in [6.45, 7) is 4.04. The molecule has 104 valence electrons. The molecule has 19 heavy (non-hydrogen) atoms. The lowest BCUT2D eigenvalue weighted by molar-refractivity contribution is -0.121. The fourth-order valence-corrected chi connectivity index (χ4v) is 2.96. The predicted octanol–water partition coefficient (Wildman–Crippen LogP) is 1.52. The fourth-order valence-electron chi connectivity index (χ4n) is 2.05. The number of nitrogens with zero attached hydrogens (tertiary/aromatic N) is 2. The second-order valence-corrected chi connectivity index (χ2v) is 5.46. The monoisotopic (exact) mass is 281 g/mol. The van der Waals surface area contributed by atoms with Crippen molar-refractivity contribution in [1.29, 1.82) is 0 Å². The van der Waals surface area contributed by atoms with E-state index >= 15 is 0 Å². The maximum atomic E-state index is 12.0. The third kappa shape index (κ3) is 3.33. The van der Waals surface area contributed by atoms with Crippen molar-refractivity contribution in [3.63, 3.8) is 0 Å². The van der Waals surface area contributed by atoms with Gasteiger partial charge in [0.1, 0.15) is 0 Å². The lowest BCUT2D eigenvalue weighted by atomic mass is 10.1. The first-order chi connectivity index (χ1) is 9.13. The molecule has 0 saturated heterocycles. The zero-order valence-electron chi connectivity index (χ0n) is 11.2. The van der Waals surface area contributed by atoms with Gasteiger partial charge in [0, 0.05) is 29.9 Å². The molecule has 2 heterocycles. The molecule has 0 bridgehead atoms. The Hall–Kier alpha value is -1.40. The van der Waals surface area contributed by atoms with Crippen LogP contribution in [0.1, 0.15) is 31.2 Å². The molecular weight excluding hydrogens is 262 g/mol. The van der Waals surface area contributed by atoms with E-state index < -0.39 is 0 Å². The highest BCUT2D eigenvalue weighted by molar-refractivity contribution is 7.15. The van der Waals surface area contributed by atoms with E-state index in [1.807, 2.05) is 29.8 Å². The van der Waals surface area contributed by atoms with Crippen LogP contribution in [-0.4, -0.2) is 33.0 Å². The molecule has 2 aromatic heterocycles. The molecule has 1 amide bonds. The number of thiazole rings is 1. The number of aliphatic hydroxyl groups excluding tert-OH is 1. The number of carbonyl (C=O) groups is 1. The Morgan fingerprint density at radius 3 is 3.11 bits per heavy atom. The molecule has 0 aliphatic rings. The van der Waals surface area contributed by atoms with Crippen LogP contribution in [0.4, 0.5) is 0 Å². The van der Waals surface area contributed by atoms with Crippen molar-refractivity contribution in [2.75, 3.05) is 6.61 Å². The van der Waals surface area contributed by atoms with Crippen LogP contribution in [0.5, 0.6) is 0 Å². The number of hydrogen-bond donors (Lipinski definition) is 2. The van der Waals surface area contributed by atoms with Gasteiger partial charge in [0.25, 0.3) is 0 Å². The number of rotatable bonds is 6. The molecular formula is C13H19N3O2S. The van der Waals surface area contributed by atoms with Crippen LogP contribution in [0.15, 0.2) is 11.6 Å². The van der Waals surface area contributed by atoms with Crippen molar-refractivity contribution in [1.82, 2.24) is 14.7 Å².